The van der Waals surface area contributed by atoms with Crippen molar-refractivity contribution in [2.75, 3.05) is 13.2 Å². The second kappa shape index (κ2) is 10.5. The second-order valence-corrected chi connectivity index (χ2v) is 8.81. The van der Waals surface area contributed by atoms with Crippen LogP contribution in [0.15, 0.2) is 35.2 Å². The standard InChI is InChI=1S/C19H27N3O6S/c1-13(2)15(22-29(26,27)14-9-5-3-6-10-14)17(24)21-19-16(23)18(25)20-11-7-4-8-12-28-19/h3,5-6,9-10,13,15,19,22H,4,7-8,11-12H2,1-2H3,(H,20,25)(H,21,24). The molecule has 1 aliphatic heterocycles. The number of sulfonamides is 1. The van der Waals surface area contributed by atoms with Gasteiger partial charge in [0.1, 0.15) is 6.04 Å². The highest BCUT2D eigenvalue weighted by Gasteiger charge is 2.33. The number of Topliss-reactive ketones (excluding diaryl/α,β-unsaturated/α-hetero) is 1. The van der Waals surface area contributed by atoms with Gasteiger partial charge in [0.2, 0.25) is 15.9 Å². The molecule has 0 spiro atoms. The lowest BCUT2D eigenvalue weighted by Crippen LogP contribution is -2.56. The first kappa shape index (κ1) is 23.0. The van der Waals surface area contributed by atoms with Gasteiger partial charge in [0.15, 0.2) is 6.23 Å². The first-order valence-corrected chi connectivity index (χ1v) is 11.0. The molecule has 1 aliphatic rings. The fraction of sp³-hybridized carbons (Fsp3) is 0.526. The molecule has 2 amide bonds. The van der Waals surface area contributed by atoms with Crippen molar-refractivity contribution in [1.82, 2.24) is 15.4 Å². The number of carbonyl (C=O) groups is 3. The third kappa shape index (κ3) is 6.62. The van der Waals surface area contributed by atoms with Crippen LogP contribution in [-0.4, -0.2) is 51.4 Å². The van der Waals surface area contributed by atoms with E-state index in [1.807, 2.05) is 0 Å². The third-order valence-corrected chi connectivity index (χ3v) is 5.87. The van der Waals surface area contributed by atoms with E-state index in [2.05, 4.69) is 15.4 Å². The van der Waals surface area contributed by atoms with Crippen LogP contribution in [0.5, 0.6) is 0 Å². The average molecular weight is 426 g/mol. The van der Waals surface area contributed by atoms with Gasteiger partial charge in [-0.05, 0) is 37.3 Å². The molecular weight excluding hydrogens is 398 g/mol. The maximum Gasteiger partial charge on any atom is 0.292 e. The van der Waals surface area contributed by atoms with Crippen LogP contribution in [0.2, 0.25) is 0 Å². The number of carbonyl (C=O) groups excluding carboxylic acids is 3. The topological polar surface area (TPSA) is 131 Å². The molecule has 0 aromatic heterocycles. The Morgan fingerprint density at radius 3 is 2.48 bits per heavy atom. The molecule has 0 bridgehead atoms. The van der Waals surface area contributed by atoms with Crippen molar-refractivity contribution in [2.24, 2.45) is 5.92 Å². The smallest absolute Gasteiger partial charge is 0.292 e. The quantitative estimate of drug-likeness (QED) is 0.563. The zero-order chi connectivity index (χ0) is 21.4. The number of nitrogens with one attached hydrogen (secondary N) is 3. The number of ketones is 1. The van der Waals surface area contributed by atoms with Crippen molar-refractivity contribution < 1.29 is 27.5 Å². The van der Waals surface area contributed by atoms with Crippen molar-refractivity contribution in [2.45, 2.75) is 50.3 Å². The lowest BCUT2D eigenvalue weighted by atomic mass is 10.0. The molecule has 10 heteroatoms. The summed E-state index contributed by atoms with van der Waals surface area (Å²) in [6.07, 6.45) is 0.739. The van der Waals surface area contributed by atoms with Crippen molar-refractivity contribution in [3.63, 3.8) is 0 Å². The van der Waals surface area contributed by atoms with Gasteiger partial charge >= 0.3 is 0 Å². The molecule has 9 nitrogen and oxygen atoms in total. The molecule has 0 aliphatic carbocycles. The van der Waals surface area contributed by atoms with E-state index in [1.165, 1.54) is 12.1 Å². The molecule has 1 saturated heterocycles. The highest BCUT2D eigenvalue weighted by Crippen LogP contribution is 2.12. The molecule has 1 aromatic carbocycles. The number of amides is 2. The predicted molar refractivity (Wildman–Crippen MR) is 105 cm³/mol. The van der Waals surface area contributed by atoms with E-state index in [0.29, 0.717) is 13.0 Å². The van der Waals surface area contributed by atoms with Gasteiger partial charge in [0, 0.05) is 13.2 Å². The van der Waals surface area contributed by atoms with Crippen LogP contribution in [0.1, 0.15) is 33.1 Å². The van der Waals surface area contributed by atoms with E-state index in [4.69, 9.17) is 4.74 Å². The summed E-state index contributed by atoms with van der Waals surface area (Å²) in [5, 5.41) is 4.86. The van der Waals surface area contributed by atoms with Crippen LogP contribution in [0.25, 0.3) is 0 Å². The number of hydrogen-bond acceptors (Lipinski definition) is 6. The zero-order valence-electron chi connectivity index (χ0n) is 16.5. The van der Waals surface area contributed by atoms with Gasteiger partial charge in [0.25, 0.3) is 11.7 Å². The van der Waals surface area contributed by atoms with E-state index < -0.39 is 45.8 Å². The highest BCUT2D eigenvalue weighted by molar-refractivity contribution is 7.89. The summed E-state index contributed by atoms with van der Waals surface area (Å²) in [5.41, 5.74) is 0. The molecular formula is C19H27N3O6S. The normalized spacial score (nSPS) is 20.0. The Kier molecular flexibility index (Phi) is 8.30. The predicted octanol–water partition coefficient (Wildman–Crippen LogP) is 0.318. The van der Waals surface area contributed by atoms with Crippen LogP contribution in [0, 0.1) is 5.92 Å². The Morgan fingerprint density at radius 1 is 1.14 bits per heavy atom. The first-order chi connectivity index (χ1) is 13.7. The molecule has 1 heterocycles. The maximum atomic E-state index is 12.8. The highest BCUT2D eigenvalue weighted by atomic mass is 32.2. The Balaban J connectivity index is 2.14. The van der Waals surface area contributed by atoms with Crippen molar-refractivity contribution in [3.8, 4) is 0 Å². The van der Waals surface area contributed by atoms with Crippen LogP contribution >= 0.6 is 0 Å². The lowest BCUT2D eigenvalue weighted by molar-refractivity contribution is -0.149. The second-order valence-electron chi connectivity index (χ2n) is 7.10. The minimum absolute atomic E-state index is 0.0174. The van der Waals surface area contributed by atoms with E-state index in [1.54, 1.807) is 32.0 Å². The van der Waals surface area contributed by atoms with Crippen LogP contribution in [0.4, 0.5) is 0 Å². The number of rotatable bonds is 6. The Bertz CT molecular complexity index is 826. The Labute approximate surface area is 170 Å². The van der Waals surface area contributed by atoms with Gasteiger partial charge in [-0.15, -0.1) is 0 Å². The summed E-state index contributed by atoms with van der Waals surface area (Å²) >= 11 is 0. The molecule has 0 radical (unpaired) electrons. The molecule has 1 aromatic rings. The van der Waals surface area contributed by atoms with E-state index in [9.17, 15) is 22.8 Å². The average Bonchev–Trinajstić information content (AvgIpc) is 2.69. The molecule has 2 rings (SSSR count). The monoisotopic (exact) mass is 425 g/mol. The van der Waals surface area contributed by atoms with Gasteiger partial charge in [-0.1, -0.05) is 32.0 Å². The van der Waals surface area contributed by atoms with Gasteiger partial charge in [-0.2, -0.15) is 4.72 Å². The first-order valence-electron chi connectivity index (χ1n) is 9.54. The SMILES string of the molecule is CC(C)C(NS(=O)(=O)c1ccccc1)C(=O)NC1OCCCCCNC(=O)C1=O. The largest absolute Gasteiger partial charge is 0.351 e. The minimum atomic E-state index is -3.95. The zero-order valence-corrected chi connectivity index (χ0v) is 17.3. The van der Waals surface area contributed by atoms with Gasteiger partial charge in [0.05, 0.1) is 4.90 Å². The van der Waals surface area contributed by atoms with Gasteiger partial charge in [-0.25, -0.2) is 8.42 Å². The summed E-state index contributed by atoms with van der Waals surface area (Å²) in [5.74, 6) is -2.93. The fourth-order valence-corrected chi connectivity index (χ4v) is 4.11. The van der Waals surface area contributed by atoms with Crippen LogP contribution in [0.3, 0.4) is 0 Å². The Hall–Kier alpha value is -2.30. The number of benzene rings is 1. The van der Waals surface area contributed by atoms with Gasteiger partial charge < -0.3 is 15.4 Å². The molecule has 2 unspecified atom stereocenters. The summed E-state index contributed by atoms with van der Waals surface area (Å²) in [4.78, 5) is 37.0. The molecule has 1 fully saturated rings. The van der Waals surface area contributed by atoms with Crippen molar-refractivity contribution in [3.05, 3.63) is 30.3 Å². The molecule has 3 N–H and O–H groups in total. The number of ether oxygens (including phenoxy) is 1. The summed E-state index contributed by atoms with van der Waals surface area (Å²) < 4.78 is 32.9. The van der Waals surface area contributed by atoms with E-state index >= 15 is 0 Å². The third-order valence-electron chi connectivity index (χ3n) is 4.41. The van der Waals surface area contributed by atoms with Crippen LogP contribution < -0.4 is 15.4 Å². The minimum Gasteiger partial charge on any atom is -0.351 e. The molecule has 29 heavy (non-hydrogen) atoms. The summed E-state index contributed by atoms with van der Waals surface area (Å²) in [6.45, 7) is 3.91. The van der Waals surface area contributed by atoms with Crippen molar-refractivity contribution in [1.29, 1.82) is 0 Å². The Morgan fingerprint density at radius 2 is 1.83 bits per heavy atom. The summed E-state index contributed by atoms with van der Waals surface area (Å²) in [7, 11) is -3.95. The van der Waals surface area contributed by atoms with E-state index in [-0.39, 0.29) is 11.5 Å². The molecule has 160 valence electrons. The fourth-order valence-electron chi connectivity index (χ4n) is 2.74. The van der Waals surface area contributed by atoms with Crippen LogP contribution in [-0.2, 0) is 29.1 Å². The van der Waals surface area contributed by atoms with Crippen molar-refractivity contribution >= 4 is 27.6 Å². The van der Waals surface area contributed by atoms with Gasteiger partial charge in [-0.3, -0.25) is 14.4 Å². The lowest BCUT2D eigenvalue weighted by Gasteiger charge is -2.25. The molecule has 0 saturated carbocycles. The summed E-state index contributed by atoms with van der Waals surface area (Å²) in [6, 6.07) is 6.49. The van der Waals surface area contributed by atoms with E-state index in [0.717, 1.165) is 12.8 Å². The molecule has 2 atom stereocenters. The maximum absolute atomic E-state index is 12.8. The number of hydrogen-bond donors (Lipinski definition) is 3.